The van der Waals surface area contributed by atoms with Gasteiger partial charge in [0.1, 0.15) is 11.6 Å². The lowest BCUT2D eigenvalue weighted by atomic mass is 10.0. The van der Waals surface area contributed by atoms with Gasteiger partial charge in [0.25, 0.3) is 0 Å². The predicted molar refractivity (Wildman–Crippen MR) is 78.0 cm³/mol. The molecule has 3 heteroatoms. The van der Waals surface area contributed by atoms with E-state index in [4.69, 9.17) is 4.74 Å². The first-order valence-electron chi connectivity index (χ1n) is 6.75. The minimum absolute atomic E-state index is 0.115. The molecule has 0 radical (unpaired) electrons. The molecule has 0 aliphatic rings. The SMILES string of the molecule is Cc1ccccc1C(C)NC(C)C(=O)OC(C)(C)C. The topological polar surface area (TPSA) is 38.3 Å². The number of hydrogen-bond donors (Lipinski definition) is 1. The van der Waals surface area contributed by atoms with Gasteiger partial charge >= 0.3 is 5.97 Å². The fraction of sp³-hybridized carbons (Fsp3) is 0.562. The molecule has 1 N–H and O–H groups in total. The van der Waals surface area contributed by atoms with Crippen molar-refractivity contribution in [2.75, 3.05) is 0 Å². The van der Waals surface area contributed by atoms with Gasteiger partial charge in [-0.05, 0) is 52.7 Å². The van der Waals surface area contributed by atoms with E-state index >= 15 is 0 Å². The summed E-state index contributed by atoms with van der Waals surface area (Å²) in [5, 5.41) is 3.28. The first-order chi connectivity index (χ1) is 8.70. The van der Waals surface area contributed by atoms with Gasteiger partial charge in [-0.1, -0.05) is 24.3 Å². The Labute approximate surface area is 116 Å². The molecule has 19 heavy (non-hydrogen) atoms. The molecule has 3 nitrogen and oxygen atoms in total. The molecule has 0 amide bonds. The number of benzene rings is 1. The van der Waals surface area contributed by atoms with E-state index in [1.54, 1.807) is 0 Å². The van der Waals surface area contributed by atoms with Gasteiger partial charge in [0.05, 0.1) is 0 Å². The van der Waals surface area contributed by atoms with Gasteiger partial charge in [0.15, 0.2) is 0 Å². The molecule has 106 valence electrons. The van der Waals surface area contributed by atoms with Gasteiger partial charge in [0, 0.05) is 6.04 Å². The van der Waals surface area contributed by atoms with Crippen molar-refractivity contribution >= 4 is 5.97 Å². The number of nitrogens with one attached hydrogen (secondary N) is 1. The van der Waals surface area contributed by atoms with Crippen molar-refractivity contribution in [3.8, 4) is 0 Å². The highest BCUT2D eigenvalue weighted by Gasteiger charge is 2.23. The summed E-state index contributed by atoms with van der Waals surface area (Å²) in [5.74, 6) is -0.215. The second-order valence-electron chi connectivity index (χ2n) is 6.00. The zero-order valence-electron chi connectivity index (χ0n) is 12.8. The fourth-order valence-corrected chi connectivity index (χ4v) is 2.00. The minimum atomic E-state index is -0.446. The standard InChI is InChI=1S/C16H25NO2/c1-11-9-7-8-10-14(11)12(2)17-13(3)15(18)19-16(4,5)6/h7-10,12-13,17H,1-6H3. The number of carbonyl (C=O) groups is 1. The second kappa shape index (κ2) is 6.20. The Kier molecular flexibility index (Phi) is 5.12. The smallest absolute Gasteiger partial charge is 0.323 e. The highest BCUT2D eigenvalue weighted by atomic mass is 16.6. The Bertz CT molecular complexity index is 435. The third-order valence-electron chi connectivity index (χ3n) is 2.92. The van der Waals surface area contributed by atoms with Crippen LogP contribution in [0.5, 0.6) is 0 Å². The van der Waals surface area contributed by atoms with Crippen LogP contribution in [-0.4, -0.2) is 17.6 Å². The molecule has 0 fully saturated rings. The highest BCUT2D eigenvalue weighted by Crippen LogP contribution is 2.18. The van der Waals surface area contributed by atoms with Gasteiger partial charge in [0.2, 0.25) is 0 Å². The van der Waals surface area contributed by atoms with Crippen molar-refractivity contribution < 1.29 is 9.53 Å². The van der Waals surface area contributed by atoms with Crippen LogP contribution in [0.25, 0.3) is 0 Å². The van der Waals surface area contributed by atoms with Crippen molar-refractivity contribution in [2.24, 2.45) is 0 Å². The lowest BCUT2D eigenvalue weighted by molar-refractivity contribution is -0.157. The van der Waals surface area contributed by atoms with Crippen LogP contribution in [-0.2, 0) is 9.53 Å². The third kappa shape index (κ3) is 5.03. The zero-order valence-corrected chi connectivity index (χ0v) is 12.8. The third-order valence-corrected chi connectivity index (χ3v) is 2.92. The van der Waals surface area contributed by atoms with Crippen molar-refractivity contribution in [3.05, 3.63) is 35.4 Å². The quantitative estimate of drug-likeness (QED) is 0.846. The maximum atomic E-state index is 11.9. The molecule has 2 atom stereocenters. The van der Waals surface area contributed by atoms with Gasteiger partial charge in [-0.25, -0.2) is 0 Å². The van der Waals surface area contributed by atoms with Crippen molar-refractivity contribution in [1.82, 2.24) is 5.32 Å². The number of esters is 1. The van der Waals surface area contributed by atoms with Gasteiger partial charge in [-0.15, -0.1) is 0 Å². The van der Waals surface area contributed by atoms with Crippen LogP contribution in [0.2, 0.25) is 0 Å². The lowest BCUT2D eigenvalue weighted by Crippen LogP contribution is -2.40. The first-order valence-corrected chi connectivity index (χ1v) is 6.75. The maximum Gasteiger partial charge on any atom is 0.323 e. The van der Waals surface area contributed by atoms with E-state index in [2.05, 4.69) is 31.3 Å². The maximum absolute atomic E-state index is 11.9. The van der Waals surface area contributed by atoms with Crippen LogP contribution in [0.15, 0.2) is 24.3 Å². The molecule has 0 spiro atoms. The lowest BCUT2D eigenvalue weighted by Gasteiger charge is -2.25. The summed E-state index contributed by atoms with van der Waals surface area (Å²) in [6, 6.07) is 7.97. The van der Waals surface area contributed by atoms with E-state index in [1.165, 1.54) is 11.1 Å². The molecular formula is C16H25NO2. The Balaban J connectivity index is 2.64. The Hall–Kier alpha value is -1.35. The largest absolute Gasteiger partial charge is 0.459 e. The first kappa shape index (κ1) is 15.7. The number of aryl methyl sites for hydroxylation is 1. The molecule has 0 heterocycles. The van der Waals surface area contributed by atoms with E-state index in [1.807, 2.05) is 39.8 Å². The molecule has 0 saturated heterocycles. The number of hydrogen-bond acceptors (Lipinski definition) is 3. The minimum Gasteiger partial charge on any atom is -0.459 e. The molecule has 0 aliphatic heterocycles. The summed E-state index contributed by atoms with van der Waals surface area (Å²) in [6.45, 7) is 11.6. The zero-order chi connectivity index (χ0) is 14.6. The average molecular weight is 263 g/mol. The van der Waals surface area contributed by atoms with Crippen LogP contribution in [0.4, 0.5) is 0 Å². The molecule has 0 aliphatic carbocycles. The van der Waals surface area contributed by atoms with E-state index < -0.39 is 5.60 Å². The summed E-state index contributed by atoms with van der Waals surface area (Å²) in [4.78, 5) is 11.9. The number of rotatable bonds is 4. The molecular weight excluding hydrogens is 238 g/mol. The monoisotopic (exact) mass is 263 g/mol. The summed E-state index contributed by atoms with van der Waals surface area (Å²) in [6.07, 6.45) is 0. The van der Waals surface area contributed by atoms with Crippen LogP contribution in [0.3, 0.4) is 0 Å². The van der Waals surface area contributed by atoms with Gasteiger partial charge in [-0.2, -0.15) is 0 Å². The van der Waals surface area contributed by atoms with E-state index in [9.17, 15) is 4.79 Å². The summed E-state index contributed by atoms with van der Waals surface area (Å²) >= 11 is 0. The van der Waals surface area contributed by atoms with Crippen molar-refractivity contribution in [2.45, 2.75) is 59.2 Å². The Morgan fingerprint density at radius 3 is 2.32 bits per heavy atom. The van der Waals surface area contributed by atoms with Gasteiger partial charge in [-0.3, -0.25) is 10.1 Å². The van der Waals surface area contributed by atoms with Gasteiger partial charge < -0.3 is 4.74 Å². The molecule has 0 aromatic heterocycles. The Morgan fingerprint density at radius 1 is 1.21 bits per heavy atom. The molecule has 2 unspecified atom stereocenters. The van der Waals surface area contributed by atoms with Crippen molar-refractivity contribution in [1.29, 1.82) is 0 Å². The average Bonchev–Trinajstić information content (AvgIpc) is 2.27. The number of ether oxygens (including phenoxy) is 1. The normalized spacial score (nSPS) is 14.8. The van der Waals surface area contributed by atoms with Crippen LogP contribution >= 0.6 is 0 Å². The van der Waals surface area contributed by atoms with Crippen LogP contribution < -0.4 is 5.32 Å². The summed E-state index contributed by atoms with van der Waals surface area (Å²) in [5.41, 5.74) is 1.98. The molecule has 0 bridgehead atoms. The Morgan fingerprint density at radius 2 is 1.79 bits per heavy atom. The molecule has 1 aromatic carbocycles. The van der Waals surface area contributed by atoms with Crippen LogP contribution in [0, 0.1) is 6.92 Å². The fourth-order valence-electron chi connectivity index (χ4n) is 2.00. The number of carbonyl (C=O) groups excluding carboxylic acids is 1. The van der Waals surface area contributed by atoms with E-state index in [0.717, 1.165) is 0 Å². The second-order valence-corrected chi connectivity index (χ2v) is 6.00. The van der Waals surface area contributed by atoms with E-state index in [0.29, 0.717) is 0 Å². The predicted octanol–water partition coefficient (Wildman–Crippen LogP) is 3.38. The van der Waals surface area contributed by atoms with Crippen molar-refractivity contribution in [3.63, 3.8) is 0 Å². The molecule has 1 aromatic rings. The molecule has 0 saturated carbocycles. The highest BCUT2D eigenvalue weighted by molar-refractivity contribution is 5.75. The van der Waals surface area contributed by atoms with E-state index in [-0.39, 0.29) is 18.1 Å². The molecule has 1 rings (SSSR count). The summed E-state index contributed by atoms with van der Waals surface area (Å²) in [7, 11) is 0. The van der Waals surface area contributed by atoms with Crippen LogP contribution in [0.1, 0.15) is 51.8 Å². The summed E-state index contributed by atoms with van der Waals surface area (Å²) < 4.78 is 5.37.